The highest BCUT2D eigenvalue weighted by atomic mass is 16.5. The molecule has 2 bridgehead atoms. The zero-order valence-electron chi connectivity index (χ0n) is 10.2. The molecule has 0 radical (unpaired) electrons. The van der Waals surface area contributed by atoms with E-state index in [1.807, 2.05) is 0 Å². The quantitative estimate of drug-likeness (QED) is 0.754. The topological polar surface area (TPSA) is 21.3 Å². The Kier molecular flexibility index (Phi) is 4.04. The van der Waals surface area contributed by atoms with Gasteiger partial charge < -0.3 is 10.1 Å². The zero-order valence-corrected chi connectivity index (χ0v) is 10.2. The third kappa shape index (κ3) is 2.94. The molecule has 4 unspecified atom stereocenters. The fraction of sp³-hybridized carbons (Fsp3) is 1.00. The molecule has 1 heterocycles. The molecule has 0 amide bonds. The molecule has 0 aromatic rings. The molecule has 4 atom stereocenters. The van der Waals surface area contributed by atoms with Crippen LogP contribution in [0.1, 0.15) is 39.5 Å². The lowest BCUT2D eigenvalue weighted by atomic mass is 9.80. The van der Waals surface area contributed by atoms with Gasteiger partial charge in [-0.1, -0.05) is 20.3 Å². The first-order valence-electron chi connectivity index (χ1n) is 6.62. The van der Waals surface area contributed by atoms with Gasteiger partial charge in [0.25, 0.3) is 0 Å². The van der Waals surface area contributed by atoms with Crippen molar-refractivity contribution in [3.63, 3.8) is 0 Å². The monoisotopic (exact) mass is 211 g/mol. The molecule has 88 valence electrons. The van der Waals surface area contributed by atoms with Crippen LogP contribution in [0.4, 0.5) is 0 Å². The maximum Gasteiger partial charge on any atom is 0.0579 e. The van der Waals surface area contributed by atoms with Crippen LogP contribution in [-0.4, -0.2) is 25.8 Å². The van der Waals surface area contributed by atoms with Crippen LogP contribution < -0.4 is 5.32 Å². The molecular weight excluding hydrogens is 186 g/mol. The molecule has 2 fully saturated rings. The molecule has 0 spiro atoms. The van der Waals surface area contributed by atoms with Gasteiger partial charge in [-0.15, -0.1) is 0 Å². The lowest BCUT2D eigenvalue weighted by Crippen LogP contribution is -2.33. The molecule has 1 saturated carbocycles. The molecule has 0 aromatic carbocycles. The number of hydrogen-bond acceptors (Lipinski definition) is 2. The summed E-state index contributed by atoms with van der Waals surface area (Å²) in [6, 6.07) is 0. The zero-order chi connectivity index (χ0) is 10.7. The molecule has 15 heavy (non-hydrogen) atoms. The first-order chi connectivity index (χ1) is 7.29. The van der Waals surface area contributed by atoms with Gasteiger partial charge in [-0.05, 0) is 50.1 Å². The van der Waals surface area contributed by atoms with E-state index < -0.39 is 0 Å². The van der Waals surface area contributed by atoms with Crippen LogP contribution in [0.3, 0.4) is 0 Å². The Hall–Kier alpha value is -0.0800. The van der Waals surface area contributed by atoms with Crippen LogP contribution in [0.25, 0.3) is 0 Å². The second-order valence-electron chi connectivity index (χ2n) is 5.46. The predicted molar refractivity (Wildman–Crippen MR) is 62.9 cm³/mol. The molecule has 1 aliphatic carbocycles. The van der Waals surface area contributed by atoms with E-state index in [1.165, 1.54) is 38.8 Å². The maximum atomic E-state index is 5.73. The van der Waals surface area contributed by atoms with Crippen molar-refractivity contribution >= 4 is 0 Å². The van der Waals surface area contributed by atoms with E-state index in [0.29, 0.717) is 6.10 Å². The van der Waals surface area contributed by atoms with Crippen molar-refractivity contribution in [2.24, 2.45) is 17.8 Å². The molecule has 0 aromatic heterocycles. The summed E-state index contributed by atoms with van der Waals surface area (Å²) in [7, 11) is 0. The first-order valence-corrected chi connectivity index (χ1v) is 6.62. The van der Waals surface area contributed by atoms with E-state index in [-0.39, 0.29) is 0 Å². The largest absolute Gasteiger partial charge is 0.378 e. The van der Waals surface area contributed by atoms with Crippen molar-refractivity contribution in [2.75, 3.05) is 19.7 Å². The van der Waals surface area contributed by atoms with Crippen LogP contribution in [0, 0.1) is 17.8 Å². The summed E-state index contributed by atoms with van der Waals surface area (Å²) >= 11 is 0. The van der Waals surface area contributed by atoms with E-state index >= 15 is 0 Å². The summed E-state index contributed by atoms with van der Waals surface area (Å²) < 4.78 is 5.73. The summed E-state index contributed by atoms with van der Waals surface area (Å²) in [5.41, 5.74) is 0. The van der Waals surface area contributed by atoms with Crippen LogP contribution in [0.2, 0.25) is 0 Å². The van der Waals surface area contributed by atoms with E-state index in [2.05, 4.69) is 19.2 Å². The number of ether oxygens (including phenoxy) is 1. The van der Waals surface area contributed by atoms with Crippen molar-refractivity contribution in [1.82, 2.24) is 5.32 Å². The standard InChI is InChI=1S/C13H25NO/c1-3-10(2)7-14-8-11-4-5-13-6-12(11)9-15-13/h10-14H,3-9H2,1-2H3. The van der Waals surface area contributed by atoms with Gasteiger partial charge in [-0.25, -0.2) is 0 Å². The Morgan fingerprint density at radius 3 is 3.07 bits per heavy atom. The molecule has 2 nitrogen and oxygen atoms in total. The Labute approximate surface area is 93.8 Å². The van der Waals surface area contributed by atoms with Gasteiger partial charge in [0.15, 0.2) is 0 Å². The Morgan fingerprint density at radius 2 is 2.27 bits per heavy atom. The number of rotatable bonds is 5. The van der Waals surface area contributed by atoms with Crippen LogP contribution >= 0.6 is 0 Å². The van der Waals surface area contributed by atoms with Gasteiger partial charge in [0.2, 0.25) is 0 Å². The van der Waals surface area contributed by atoms with Gasteiger partial charge in [0.05, 0.1) is 12.7 Å². The predicted octanol–water partition coefficient (Wildman–Crippen LogP) is 2.44. The highest BCUT2D eigenvalue weighted by Gasteiger charge is 2.36. The minimum absolute atomic E-state index is 0.612. The number of fused-ring (bicyclic) bond motifs is 2. The molecular formula is C13H25NO. The van der Waals surface area contributed by atoms with E-state index in [0.717, 1.165) is 24.4 Å². The average Bonchev–Trinajstić information content (AvgIpc) is 2.64. The first kappa shape index (κ1) is 11.4. The van der Waals surface area contributed by atoms with Gasteiger partial charge in [0, 0.05) is 0 Å². The number of hydrogen-bond donors (Lipinski definition) is 1. The Morgan fingerprint density at radius 1 is 1.40 bits per heavy atom. The van der Waals surface area contributed by atoms with Crippen molar-refractivity contribution in [3.8, 4) is 0 Å². The minimum atomic E-state index is 0.612. The second-order valence-corrected chi connectivity index (χ2v) is 5.46. The van der Waals surface area contributed by atoms with Crippen molar-refractivity contribution in [3.05, 3.63) is 0 Å². The van der Waals surface area contributed by atoms with Gasteiger partial charge >= 0.3 is 0 Å². The van der Waals surface area contributed by atoms with Crippen LogP contribution in [0.5, 0.6) is 0 Å². The highest BCUT2D eigenvalue weighted by molar-refractivity contribution is 4.86. The fourth-order valence-corrected chi connectivity index (χ4v) is 2.83. The second kappa shape index (κ2) is 5.31. The third-order valence-corrected chi connectivity index (χ3v) is 4.23. The van der Waals surface area contributed by atoms with E-state index in [1.54, 1.807) is 0 Å². The molecule has 2 heteroatoms. The van der Waals surface area contributed by atoms with Gasteiger partial charge in [-0.3, -0.25) is 0 Å². The lowest BCUT2D eigenvalue weighted by Gasteiger charge is -2.27. The average molecular weight is 211 g/mol. The SMILES string of the molecule is CCC(C)CNCC1CCC2CC1CO2. The van der Waals surface area contributed by atoms with Crippen molar-refractivity contribution in [1.29, 1.82) is 0 Å². The summed E-state index contributed by atoms with van der Waals surface area (Å²) in [5.74, 6) is 2.56. The van der Waals surface area contributed by atoms with Gasteiger partial charge in [-0.2, -0.15) is 0 Å². The summed E-state index contributed by atoms with van der Waals surface area (Å²) in [5, 5.41) is 3.63. The van der Waals surface area contributed by atoms with Crippen molar-refractivity contribution < 1.29 is 4.74 Å². The van der Waals surface area contributed by atoms with Gasteiger partial charge in [0.1, 0.15) is 0 Å². The smallest absolute Gasteiger partial charge is 0.0579 e. The minimum Gasteiger partial charge on any atom is -0.378 e. The molecule has 1 aliphatic heterocycles. The van der Waals surface area contributed by atoms with E-state index in [9.17, 15) is 0 Å². The molecule has 2 aliphatic rings. The van der Waals surface area contributed by atoms with Crippen molar-refractivity contribution in [2.45, 2.75) is 45.6 Å². The summed E-state index contributed by atoms with van der Waals surface area (Å²) in [6.45, 7) is 8.01. The maximum absolute atomic E-state index is 5.73. The van der Waals surface area contributed by atoms with E-state index in [4.69, 9.17) is 4.74 Å². The highest BCUT2D eigenvalue weighted by Crippen LogP contribution is 2.37. The lowest BCUT2D eigenvalue weighted by molar-refractivity contribution is 0.107. The summed E-state index contributed by atoms with van der Waals surface area (Å²) in [6.07, 6.45) is 5.90. The normalized spacial score (nSPS) is 36.8. The molecule has 1 saturated heterocycles. The summed E-state index contributed by atoms with van der Waals surface area (Å²) in [4.78, 5) is 0. The Bertz CT molecular complexity index is 195. The molecule has 2 rings (SSSR count). The Balaban J connectivity index is 1.66. The number of nitrogens with one attached hydrogen (secondary N) is 1. The third-order valence-electron chi connectivity index (χ3n) is 4.23. The fourth-order valence-electron chi connectivity index (χ4n) is 2.83. The van der Waals surface area contributed by atoms with Crippen LogP contribution in [-0.2, 0) is 4.74 Å². The molecule has 1 N–H and O–H groups in total. The van der Waals surface area contributed by atoms with Crippen LogP contribution in [0.15, 0.2) is 0 Å².